The van der Waals surface area contributed by atoms with Crippen molar-refractivity contribution in [3.05, 3.63) is 38.1 Å². The second-order valence-electron chi connectivity index (χ2n) is 4.00. The van der Waals surface area contributed by atoms with Crippen LogP contribution in [-0.2, 0) is 0 Å². The fourth-order valence-electron chi connectivity index (χ4n) is 1.76. The van der Waals surface area contributed by atoms with Crippen LogP contribution in [0, 0.1) is 17.0 Å². The molecule has 0 atom stereocenters. The standard InChI is InChI=1S/C10H6Cl2N6O2/c1-4-14-15-10-13-9(16-17(4)10)5-2-8(18(19)20)7(12)3-6(5)11/h2-3H,1H3,(H,13,15,16). The van der Waals surface area contributed by atoms with E-state index in [0.29, 0.717) is 23.0 Å². The second kappa shape index (κ2) is 4.43. The van der Waals surface area contributed by atoms with Gasteiger partial charge in [-0.05, 0) is 13.0 Å². The summed E-state index contributed by atoms with van der Waals surface area (Å²) in [5, 5.41) is 21.7. The minimum Gasteiger partial charge on any atom is -0.272 e. The minimum atomic E-state index is -0.580. The third-order valence-electron chi connectivity index (χ3n) is 2.73. The van der Waals surface area contributed by atoms with Gasteiger partial charge in [0.2, 0.25) is 0 Å². The highest BCUT2D eigenvalue weighted by molar-refractivity contribution is 6.37. The number of aromatic amines is 1. The Morgan fingerprint density at radius 1 is 1.30 bits per heavy atom. The van der Waals surface area contributed by atoms with Gasteiger partial charge in [0.1, 0.15) is 5.02 Å². The maximum Gasteiger partial charge on any atom is 0.288 e. The molecule has 2 aromatic heterocycles. The molecule has 0 aliphatic rings. The summed E-state index contributed by atoms with van der Waals surface area (Å²) in [5.74, 6) is 1.31. The lowest BCUT2D eigenvalue weighted by Gasteiger charge is -2.02. The maximum atomic E-state index is 10.9. The van der Waals surface area contributed by atoms with Gasteiger partial charge in [0.15, 0.2) is 11.6 Å². The van der Waals surface area contributed by atoms with E-state index in [1.807, 2.05) is 0 Å². The molecule has 0 spiro atoms. The summed E-state index contributed by atoms with van der Waals surface area (Å²) < 4.78 is 1.55. The first-order chi connectivity index (χ1) is 9.47. The zero-order valence-corrected chi connectivity index (χ0v) is 11.5. The van der Waals surface area contributed by atoms with Crippen molar-refractivity contribution in [2.45, 2.75) is 6.92 Å². The number of fused-ring (bicyclic) bond motifs is 1. The molecular weight excluding hydrogens is 307 g/mol. The van der Waals surface area contributed by atoms with Crippen LogP contribution in [-0.4, -0.2) is 29.7 Å². The Morgan fingerprint density at radius 3 is 2.70 bits per heavy atom. The molecule has 1 aromatic carbocycles. The van der Waals surface area contributed by atoms with Crippen LogP contribution in [0.2, 0.25) is 10.0 Å². The number of nitro groups is 1. The number of nitro benzene ring substituents is 1. The highest BCUT2D eigenvalue weighted by Gasteiger charge is 2.19. The summed E-state index contributed by atoms with van der Waals surface area (Å²) in [6, 6.07) is 2.58. The van der Waals surface area contributed by atoms with Crippen molar-refractivity contribution in [3.63, 3.8) is 0 Å². The van der Waals surface area contributed by atoms with Crippen molar-refractivity contribution in [2.24, 2.45) is 0 Å². The number of hydrogen-bond acceptors (Lipinski definition) is 5. The molecule has 3 aromatic rings. The molecule has 0 saturated heterocycles. The highest BCUT2D eigenvalue weighted by atomic mass is 35.5. The number of benzene rings is 1. The number of hydrogen-bond donors (Lipinski definition) is 1. The average molecular weight is 313 g/mol. The van der Waals surface area contributed by atoms with Crippen LogP contribution in [0.25, 0.3) is 17.2 Å². The molecule has 3 rings (SSSR count). The van der Waals surface area contributed by atoms with Crippen LogP contribution in [0.15, 0.2) is 12.1 Å². The van der Waals surface area contributed by atoms with Crippen LogP contribution in [0.5, 0.6) is 0 Å². The average Bonchev–Trinajstić information content (AvgIpc) is 2.92. The highest BCUT2D eigenvalue weighted by Crippen LogP contribution is 2.35. The van der Waals surface area contributed by atoms with Gasteiger partial charge in [0, 0.05) is 11.6 Å². The molecule has 1 N–H and O–H groups in total. The zero-order valence-electron chi connectivity index (χ0n) is 9.96. The molecule has 2 heterocycles. The van der Waals surface area contributed by atoms with Crippen molar-refractivity contribution in [1.82, 2.24) is 24.8 Å². The Labute approximate surface area is 121 Å². The number of halogens is 2. The molecule has 0 fully saturated rings. The molecule has 0 amide bonds. The van der Waals surface area contributed by atoms with Gasteiger partial charge in [-0.2, -0.15) is 4.98 Å². The number of nitrogens with zero attached hydrogens (tertiary/aromatic N) is 5. The first kappa shape index (κ1) is 12.8. The lowest BCUT2D eigenvalue weighted by Crippen LogP contribution is -1.93. The molecule has 0 aliphatic heterocycles. The molecule has 0 unspecified atom stereocenters. The summed E-state index contributed by atoms with van der Waals surface area (Å²) in [4.78, 5) is 14.5. The second-order valence-corrected chi connectivity index (χ2v) is 4.81. The van der Waals surface area contributed by atoms with Gasteiger partial charge < -0.3 is 0 Å². The SMILES string of the molecule is Cc1nnc2nc(-c3cc([N+](=O)[O-])c(Cl)cc3Cl)[nH]n12. The molecule has 102 valence electrons. The number of H-pyrrole nitrogens is 1. The van der Waals surface area contributed by atoms with Crippen LogP contribution in [0.1, 0.15) is 5.82 Å². The van der Waals surface area contributed by atoms with Crippen LogP contribution >= 0.6 is 23.2 Å². The van der Waals surface area contributed by atoms with Crippen molar-refractivity contribution in [3.8, 4) is 11.4 Å². The summed E-state index contributed by atoms with van der Waals surface area (Å²) in [7, 11) is 0. The molecule has 0 saturated carbocycles. The van der Waals surface area contributed by atoms with Gasteiger partial charge in [-0.3, -0.25) is 15.2 Å². The van der Waals surface area contributed by atoms with Crippen LogP contribution < -0.4 is 0 Å². The number of aryl methyl sites for hydroxylation is 1. The van der Waals surface area contributed by atoms with E-state index in [9.17, 15) is 10.1 Å². The quantitative estimate of drug-likeness (QED) is 0.579. The van der Waals surface area contributed by atoms with Gasteiger partial charge in [0.25, 0.3) is 11.5 Å². The van der Waals surface area contributed by atoms with Gasteiger partial charge in [0.05, 0.1) is 9.95 Å². The summed E-state index contributed by atoms with van der Waals surface area (Å²) in [6.45, 7) is 1.74. The third-order valence-corrected chi connectivity index (χ3v) is 3.34. The molecule has 10 heteroatoms. The van der Waals surface area contributed by atoms with E-state index in [1.54, 1.807) is 11.4 Å². The van der Waals surface area contributed by atoms with E-state index < -0.39 is 4.92 Å². The zero-order chi connectivity index (χ0) is 14.4. The van der Waals surface area contributed by atoms with E-state index in [4.69, 9.17) is 23.2 Å². The smallest absolute Gasteiger partial charge is 0.272 e. The van der Waals surface area contributed by atoms with Crippen molar-refractivity contribution < 1.29 is 4.92 Å². The summed E-state index contributed by atoms with van der Waals surface area (Å²) >= 11 is 11.8. The molecule has 0 radical (unpaired) electrons. The van der Waals surface area contributed by atoms with Crippen molar-refractivity contribution in [2.75, 3.05) is 0 Å². The fraction of sp³-hybridized carbons (Fsp3) is 0.100. The van der Waals surface area contributed by atoms with E-state index in [1.165, 1.54) is 12.1 Å². The van der Waals surface area contributed by atoms with Gasteiger partial charge in [-0.1, -0.05) is 23.2 Å². The number of nitrogens with one attached hydrogen (secondary N) is 1. The van der Waals surface area contributed by atoms with E-state index in [-0.39, 0.29) is 15.7 Å². The Hall–Kier alpha value is -2.19. The topological polar surface area (TPSA) is 102 Å². The molecular formula is C10H6Cl2N6O2. The van der Waals surface area contributed by atoms with Crippen LogP contribution in [0.3, 0.4) is 0 Å². The normalized spacial score (nSPS) is 11.2. The predicted molar refractivity (Wildman–Crippen MR) is 72.0 cm³/mol. The van der Waals surface area contributed by atoms with Gasteiger partial charge >= 0.3 is 0 Å². The lowest BCUT2D eigenvalue weighted by molar-refractivity contribution is -0.384. The maximum absolute atomic E-state index is 10.9. The third kappa shape index (κ3) is 1.89. The van der Waals surface area contributed by atoms with E-state index in [0.717, 1.165) is 0 Å². The summed E-state index contributed by atoms with van der Waals surface area (Å²) in [5.41, 5.74) is 0.127. The van der Waals surface area contributed by atoms with Crippen molar-refractivity contribution >= 4 is 34.7 Å². The minimum absolute atomic E-state index is 0.0297. The molecule has 8 nitrogen and oxygen atoms in total. The Kier molecular flexibility index (Phi) is 2.84. The fourth-order valence-corrected chi connectivity index (χ4v) is 2.31. The van der Waals surface area contributed by atoms with Gasteiger partial charge in [-0.25, -0.2) is 4.52 Å². The Bertz CT molecular complexity index is 840. The first-order valence-corrected chi connectivity index (χ1v) is 6.14. The molecule has 0 aliphatic carbocycles. The summed E-state index contributed by atoms with van der Waals surface area (Å²) in [6.07, 6.45) is 0. The number of rotatable bonds is 2. The van der Waals surface area contributed by atoms with E-state index in [2.05, 4.69) is 20.3 Å². The number of aromatic nitrogens is 5. The first-order valence-electron chi connectivity index (χ1n) is 5.39. The largest absolute Gasteiger partial charge is 0.288 e. The Morgan fingerprint density at radius 2 is 2.05 bits per heavy atom. The van der Waals surface area contributed by atoms with Gasteiger partial charge in [-0.15, -0.1) is 10.2 Å². The predicted octanol–water partition coefficient (Wildman–Crippen LogP) is 2.64. The van der Waals surface area contributed by atoms with Crippen LogP contribution in [0.4, 0.5) is 5.69 Å². The lowest BCUT2D eigenvalue weighted by atomic mass is 10.2. The van der Waals surface area contributed by atoms with E-state index >= 15 is 0 Å². The van der Waals surface area contributed by atoms with Crippen molar-refractivity contribution in [1.29, 1.82) is 0 Å². The molecule has 20 heavy (non-hydrogen) atoms. The Balaban J connectivity index is 2.22. The monoisotopic (exact) mass is 312 g/mol. The molecule has 0 bridgehead atoms.